The quantitative estimate of drug-likeness (QED) is 0.499. The number of hydrogen-bond donors (Lipinski definition) is 1. The molecule has 0 bridgehead atoms. The summed E-state index contributed by atoms with van der Waals surface area (Å²) >= 11 is 3.36. The van der Waals surface area contributed by atoms with Gasteiger partial charge in [-0.15, -0.1) is 0 Å². The van der Waals surface area contributed by atoms with Crippen molar-refractivity contribution in [3.05, 3.63) is 38.3 Å². The van der Waals surface area contributed by atoms with Crippen molar-refractivity contribution in [3.8, 4) is 0 Å². The lowest BCUT2D eigenvalue weighted by Crippen LogP contribution is -2.22. The van der Waals surface area contributed by atoms with Crippen LogP contribution in [-0.2, 0) is 6.42 Å². The van der Waals surface area contributed by atoms with Crippen LogP contribution >= 0.6 is 15.9 Å². The number of nitrogens with zero attached hydrogens (tertiary/aromatic N) is 1. The summed E-state index contributed by atoms with van der Waals surface area (Å²) < 4.78 is 0.804. The number of non-ortho nitro benzene ring substituents is 1. The maximum Gasteiger partial charge on any atom is 0.270 e. The molecule has 0 saturated heterocycles. The summed E-state index contributed by atoms with van der Waals surface area (Å²) in [7, 11) is 0. The first-order valence-corrected chi connectivity index (χ1v) is 6.43. The molecule has 0 heterocycles. The minimum Gasteiger partial charge on any atom is -0.316 e. The van der Waals surface area contributed by atoms with Gasteiger partial charge in [0, 0.05) is 16.6 Å². The maximum atomic E-state index is 10.6. The van der Waals surface area contributed by atoms with Crippen LogP contribution in [0.4, 0.5) is 5.69 Å². The fraction of sp³-hybridized carbons (Fsp3) is 0.500. The van der Waals surface area contributed by atoms with Crippen molar-refractivity contribution < 1.29 is 4.92 Å². The fourth-order valence-electron chi connectivity index (χ4n) is 1.47. The number of nitro benzene ring substituents is 1. The Morgan fingerprint density at radius 2 is 2.18 bits per heavy atom. The van der Waals surface area contributed by atoms with Crippen molar-refractivity contribution in [2.24, 2.45) is 5.92 Å². The van der Waals surface area contributed by atoms with E-state index in [2.05, 4.69) is 35.1 Å². The van der Waals surface area contributed by atoms with Gasteiger partial charge in [0.25, 0.3) is 5.69 Å². The molecule has 0 aliphatic carbocycles. The van der Waals surface area contributed by atoms with Gasteiger partial charge in [-0.25, -0.2) is 0 Å². The minimum atomic E-state index is -0.383. The van der Waals surface area contributed by atoms with Gasteiger partial charge in [0.05, 0.1) is 4.92 Å². The van der Waals surface area contributed by atoms with Crippen LogP contribution in [0.15, 0.2) is 22.7 Å². The summed E-state index contributed by atoms with van der Waals surface area (Å²) in [4.78, 5) is 10.2. The molecule has 1 rings (SSSR count). The number of hydrogen-bond acceptors (Lipinski definition) is 3. The molecule has 94 valence electrons. The fourth-order valence-corrected chi connectivity index (χ4v) is 2.03. The highest BCUT2D eigenvalue weighted by atomic mass is 79.9. The molecule has 0 unspecified atom stereocenters. The molecule has 0 aliphatic heterocycles. The lowest BCUT2D eigenvalue weighted by molar-refractivity contribution is -0.384. The zero-order chi connectivity index (χ0) is 12.8. The molecule has 0 aliphatic rings. The van der Waals surface area contributed by atoms with Gasteiger partial charge in [-0.1, -0.05) is 35.8 Å². The third kappa shape index (κ3) is 4.83. The number of nitrogens with one attached hydrogen (secondary N) is 1. The molecular formula is C12H17BrN2O2. The molecule has 0 spiro atoms. The summed E-state index contributed by atoms with van der Waals surface area (Å²) in [6.45, 7) is 6.20. The number of benzene rings is 1. The number of halogens is 1. The van der Waals surface area contributed by atoms with Crippen molar-refractivity contribution in [2.45, 2.75) is 20.3 Å². The Kier molecular flexibility index (Phi) is 5.58. The standard InChI is InChI=1S/C12H17BrN2O2/c1-9(2)8-14-6-5-10-3-4-11(15(16)17)7-12(10)13/h3-4,7,9,14H,5-6,8H2,1-2H3. The summed E-state index contributed by atoms with van der Waals surface area (Å²) in [5.41, 5.74) is 1.21. The predicted molar refractivity (Wildman–Crippen MR) is 72.2 cm³/mol. The first kappa shape index (κ1) is 14.1. The Hall–Kier alpha value is -0.940. The molecule has 0 saturated carbocycles. The number of rotatable bonds is 6. The van der Waals surface area contributed by atoms with Crippen molar-refractivity contribution in [1.29, 1.82) is 0 Å². The predicted octanol–water partition coefficient (Wildman–Crippen LogP) is 3.15. The van der Waals surface area contributed by atoms with Crippen LogP contribution in [0.2, 0.25) is 0 Å². The van der Waals surface area contributed by atoms with E-state index in [1.54, 1.807) is 18.2 Å². The lowest BCUT2D eigenvalue weighted by atomic mass is 10.1. The molecule has 1 aromatic rings. The van der Waals surface area contributed by atoms with Gasteiger partial charge in [0.1, 0.15) is 0 Å². The molecule has 0 radical (unpaired) electrons. The van der Waals surface area contributed by atoms with Gasteiger partial charge in [0.15, 0.2) is 0 Å². The van der Waals surface area contributed by atoms with E-state index in [4.69, 9.17) is 0 Å². The molecule has 0 aromatic heterocycles. The molecule has 0 fully saturated rings. The van der Waals surface area contributed by atoms with Gasteiger partial charge in [0.2, 0.25) is 0 Å². The second-order valence-electron chi connectivity index (χ2n) is 4.38. The van der Waals surface area contributed by atoms with E-state index in [0.717, 1.165) is 29.5 Å². The third-order valence-electron chi connectivity index (χ3n) is 2.37. The van der Waals surface area contributed by atoms with Crippen LogP contribution in [0.5, 0.6) is 0 Å². The second-order valence-corrected chi connectivity index (χ2v) is 5.24. The van der Waals surface area contributed by atoms with Gasteiger partial charge in [-0.2, -0.15) is 0 Å². The first-order valence-electron chi connectivity index (χ1n) is 5.64. The lowest BCUT2D eigenvalue weighted by Gasteiger charge is -2.08. The van der Waals surface area contributed by atoms with Gasteiger partial charge < -0.3 is 5.32 Å². The van der Waals surface area contributed by atoms with Crippen molar-refractivity contribution in [1.82, 2.24) is 5.32 Å². The van der Waals surface area contributed by atoms with Crippen molar-refractivity contribution in [2.75, 3.05) is 13.1 Å². The van der Waals surface area contributed by atoms with Crippen molar-refractivity contribution >= 4 is 21.6 Å². The molecule has 1 N–H and O–H groups in total. The Labute approximate surface area is 110 Å². The smallest absolute Gasteiger partial charge is 0.270 e. The largest absolute Gasteiger partial charge is 0.316 e. The van der Waals surface area contributed by atoms with E-state index in [-0.39, 0.29) is 10.6 Å². The normalized spacial score (nSPS) is 10.8. The summed E-state index contributed by atoms with van der Waals surface area (Å²) in [5.74, 6) is 0.635. The minimum absolute atomic E-state index is 0.121. The average Bonchev–Trinajstić information content (AvgIpc) is 2.25. The summed E-state index contributed by atoms with van der Waals surface area (Å²) in [5, 5.41) is 13.9. The van der Waals surface area contributed by atoms with Crippen LogP contribution < -0.4 is 5.32 Å². The maximum absolute atomic E-state index is 10.6. The van der Waals surface area contributed by atoms with Gasteiger partial charge in [-0.3, -0.25) is 10.1 Å². The van der Waals surface area contributed by atoms with Crippen LogP contribution in [0, 0.1) is 16.0 Å². The zero-order valence-corrected chi connectivity index (χ0v) is 11.7. The van der Waals surface area contributed by atoms with E-state index < -0.39 is 0 Å². The second kappa shape index (κ2) is 6.71. The average molecular weight is 301 g/mol. The molecule has 1 aromatic carbocycles. The Balaban J connectivity index is 2.52. The highest BCUT2D eigenvalue weighted by Gasteiger charge is 2.08. The Morgan fingerprint density at radius 3 is 2.71 bits per heavy atom. The van der Waals surface area contributed by atoms with Crippen molar-refractivity contribution in [3.63, 3.8) is 0 Å². The first-order chi connectivity index (χ1) is 8.00. The van der Waals surface area contributed by atoms with Crippen LogP contribution in [0.3, 0.4) is 0 Å². The highest BCUT2D eigenvalue weighted by molar-refractivity contribution is 9.10. The van der Waals surface area contributed by atoms with Gasteiger partial charge >= 0.3 is 0 Å². The van der Waals surface area contributed by atoms with Crippen LogP contribution in [0.25, 0.3) is 0 Å². The molecule has 0 amide bonds. The van der Waals surface area contributed by atoms with Crippen LogP contribution in [0.1, 0.15) is 19.4 Å². The van der Waals surface area contributed by atoms with E-state index >= 15 is 0 Å². The molecule has 4 nitrogen and oxygen atoms in total. The van der Waals surface area contributed by atoms with Crippen LogP contribution in [-0.4, -0.2) is 18.0 Å². The van der Waals surface area contributed by atoms with Gasteiger partial charge in [-0.05, 0) is 31.0 Å². The highest BCUT2D eigenvalue weighted by Crippen LogP contribution is 2.23. The Bertz CT molecular complexity index is 394. The molecule has 0 atom stereocenters. The van der Waals surface area contributed by atoms with E-state index in [1.165, 1.54) is 0 Å². The monoisotopic (exact) mass is 300 g/mol. The van der Waals surface area contributed by atoms with E-state index in [9.17, 15) is 10.1 Å². The zero-order valence-electron chi connectivity index (χ0n) is 10.1. The van der Waals surface area contributed by atoms with E-state index in [0.29, 0.717) is 5.92 Å². The third-order valence-corrected chi connectivity index (χ3v) is 3.11. The molecule has 5 heteroatoms. The topological polar surface area (TPSA) is 55.2 Å². The summed E-state index contributed by atoms with van der Waals surface area (Å²) in [6.07, 6.45) is 0.866. The summed E-state index contributed by atoms with van der Waals surface area (Å²) in [6, 6.07) is 4.90. The SMILES string of the molecule is CC(C)CNCCc1ccc([N+](=O)[O-])cc1Br. The number of nitro groups is 1. The Morgan fingerprint density at radius 1 is 1.47 bits per heavy atom. The molecule has 17 heavy (non-hydrogen) atoms. The molecular weight excluding hydrogens is 284 g/mol. The van der Waals surface area contributed by atoms with E-state index in [1.807, 2.05) is 0 Å².